The molecular formula is C14H15N5O3. The van der Waals surface area contributed by atoms with Gasteiger partial charge in [-0.3, -0.25) is 14.6 Å². The van der Waals surface area contributed by atoms with Crippen molar-refractivity contribution in [2.45, 2.75) is 12.8 Å². The summed E-state index contributed by atoms with van der Waals surface area (Å²) in [6.07, 6.45) is 1.80. The van der Waals surface area contributed by atoms with Gasteiger partial charge in [0, 0.05) is 17.2 Å². The van der Waals surface area contributed by atoms with E-state index < -0.39 is 5.69 Å². The number of aromatic nitrogens is 3. The maximum Gasteiger partial charge on any atom is 0.340 e. The van der Waals surface area contributed by atoms with E-state index in [1.165, 1.54) is 0 Å². The summed E-state index contributed by atoms with van der Waals surface area (Å²) in [4.78, 5) is 36.9. The van der Waals surface area contributed by atoms with E-state index in [9.17, 15) is 14.4 Å². The molecule has 0 spiro atoms. The lowest BCUT2D eigenvalue weighted by molar-refractivity contribution is -0.125. The Labute approximate surface area is 125 Å². The van der Waals surface area contributed by atoms with Gasteiger partial charge in [0.15, 0.2) is 5.82 Å². The van der Waals surface area contributed by atoms with Crippen molar-refractivity contribution in [3.63, 3.8) is 0 Å². The Morgan fingerprint density at radius 2 is 2.14 bits per heavy atom. The first-order chi connectivity index (χ1) is 10.6. The van der Waals surface area contributed by atoms with Crippen molar-refractivity contribution in [2.24, 2.45) is 5.92 Å². The Hall–Kier alpha value is -2.90. The topological polar surface area (TPSA) is 120 Å². The molecule has 0 saturated heterocycles. The highest BCUT2D eigenvalue weighted by molar-refractivity contribution is 5.95. The second kappa shape index (κ2) is 5.84. The summed E-state index contributed by atoms with van der Waals surface area (Å²) in [5.74, 6) is 0.0930. The summed E-state index contributed by atoms with van der Waals surface area (Å²) >= 11 is 0. The van der Waals surface area contributed by atoms with Crippen molar-refractivity contribution in [1.82, 2.24) is 20.5 Å². The lowest BCUT2D eigenvalue weighted by Crippen LogP contribution is -2.33. The van der Waals surface area contributed by atoms with Crippen LogP contribution in [0.5, 0.6) is 0 Å². The first-order valence-electron chi connectivity index (χ1n) is 6.94. The van der Waals surface area contributed by atoms with Crippen LogP contribution in [0.25, 0.3) is 11.4 Å². The number of rotatable bonds is 5. The predicted octanol–water partition coefficient (Wildman–Crippen LogP) is 0.230. The number of benzene rings is 1. The average molecular weight is 301 g/mol. The summed E-state index contributed by atoms with van der Waals surface area (Å²) in [6, 6.07) is 6.90. The first-order valence-corrected chi connectivity index (χ1v) is 6.94. The molecule has 1 aliphatic carbocycles. The highest BCUT2D eigenvalue weighted by Gasteiger charge is 2.29. The fourth-order valence-corrected chi connectivity index (χ4v) is 2.01. The number of carbonyl (C=O) groups is 2. The van der Waals surface area contributed by atoms with Gasteiger partial charge in [0.25, 0.3) is 0 Å². The molecule has 4 N–H and O–H groups in total. The predicted molar refractivity (Wildman–Crippen MR) is 79.0 cm³/mol. The Bertz CT molecular complexity index is 760. The second-order valence-corrected chi connectivity index (χ2v) is 5.15. The summed E-state index contributed by atoms with van der Waals surface area (Å²) in [5.41, 5.74) is 0.831. The van der Waals surface area contributed by atoms with Gasteiger partial charge in [-0.1, -0.05) is 12.1 Å². The van der Waals surface area contributed by atoms with Gasteiger partial charge >= 0.3 is 5.69 Å². The highest BCUT2D eigenvalue weighted by Crippen LogP contribution is 2.28. The number of hydrogen-bond acceptors (Lipinski definition) is 4. The van der Waals surface area contributed by atoms with E-state index in [0.29, 0.717) is 17.1 Å². The Morgan fingerprint density at radius 3 is 2.82 bits per heavy atom. The standard InChI is InChI=1S/C14H15N5O3/c20-11(7-15-13(21)8-4-5-8)16-10-3-1-2-9(6-10)12-17-14(22)19-18-12/h1-3,6,8H,4-5,7H2,(H,15,21)(H,16,20)(H2,17,18,19,22). The van der Waals surface area contributed by atoms with Crippen LogP contribution < -0.4 is 16.3 Å². The molecule has 8 nitrogen and oxygen atoms in total. The fraction of sp³-hybridized carbons (Fsp3) is 0.286. The molecule has 0 radical (unpaired) electrons. The number of anilines is 1. The normalized spacial score (nSPS) is 13.6. The largest absolute Gasteiger partial charge is 0.347 e. The van der Waals surface area contributed by atoms with Crippen molar-refractivity contribution in [2.75, 3.05) is 11.9 Å². The van der Waals surface area contributed by atoms with Crippen LogP contribution in [0.4, 0.5) is 5.69 Å². The SMILES string of the molecule is O=C(CNC(=O)C1CC1)Nc1cccc(-c2n[nH]c(=O)[nH]2)c1. The molecule has 1 heterocycles. The zero-order valence-electron chi connectivity index (χ0n) is 11.7. The van der Waals surface area contributed by atoms with E-state index in [0.717, 1.165) is 12.8 Å². The monoisotopic (exact) mass is 301 g/mol. The molecule has 22 heavy (non-hydrogen) atoms. The summed E-state index contributed by atoms with van der Waals surface area (Å²) in [6.45, 7) is -0.0567. The van der Waals surface area contributed by atoms with E-state index in [2.05, 4.69) is 25.8 Å². The molecule has 1 aromatic heterocycles. The van der Waals surface area contributed by atoms with E-state index in [1.54, 1.807) is 24.3 Å². The van der Waals surface area contributed by atoms with Gasteiger partial charge in [-0.05, 0) is 25.0 Å². The third-order valence-electron chi connectivity index (χ3n) is 3.29. The Balaban J connectivity index is 1.61. The van der Waals surface area contributed by atoms with E-state index in [4.69, 9.17) is 0 Å². The second-order valence-electron chi connectivity index (χ2n) is 5.15. The number of aromatic amines is 2. The number of carbonyl (C=O) groups excluding carboxylic acids is 2. The molecule has 0 atom stereocenters. The van der Waals surface area contributed by atoms with Gasteiger partial charge in [-0.15, -0.1) is 0 Å². The molecule has 3 rings (SSSR count). The quantitative estimate of drug-likeness (QED) is 0.632. The third kappa shape index (κ3) is 3.40. The summed E-state index contributed by atoms with van der Waals surface area (Å²) < 4.78 is 0. The molecular weight excluding hydrogens is 286 g/mol. The molecule has 0 aliphatic heterocycles. The number of nitrogens with one attached hydrogen (secondary N) is 4. The number of H-pyrrole nitrogens is 2. The molecule has 0 unspecified atom stereocenters. The van der Waals surface area contributed by atoms with Crippen LogP contribution in [-0.2, 0) is 9.59 Å². The summed E-state index contributed by atoms with van der Waals surface area (Å²) in [5, 5.41) is 11.4. The minimum absolute atomic E-state index is 0.0567. The lowest BCUT2D eigenvalue weighted by Gasteiger charge is -2.07. The van der Waals surface area contributed by atoms with Crippen molar-refractivity contribution >= 4 is 17.5 Å². The average Bonchev–Trinajstić information content (AvgIpc) is 3.27. The van der Waals surface area contributed by atoms with Gasteiger partial charge in [-0.2, -0.15) is 5.10 Å². The molecule has 1 fully saturated rings. The minimum atomic E-state index is -0.396. The van der Waals surface area contributed by atoms with E-state index >= 15 is 0 Å². The first kappa shape index (κ1) is 14.1. The molecule has 8 heteroatoms. The molecule has 114 valence electrons. The Morgan fingerprint density at radius 1 is 1.32 bits per heavy atom. The third-order valence-corrected chi connectivity index (χ3v) is 3.29. The van der Waals surface area contributed by atoms with Gasteiger partial charge in [0.1, 0.15) is 0 Å². The number of amides is 2. The highest BCUT2D eigenvalue weighted by atomic mass is 16.2. The van der Waals surface area contributed by atoms with Crippen LogP contribution in [0.3, 0.4) is 0 Å². The zero-order chi connectivity index (χ0) is 15.5. The molecule has 2 amide bonds. The maximum atomic E-state index is 11.8. The Kier molecular flexibility index (Phi) is 3.73. The van der Waals surface area contributed by atoms with Crippen molar-refractivity contribution in [3.8, 4) is 11.4 Å². The van der Waals surface area contributed by atoms with Gasteiger partial charge in [0.05, 0.1) is 6.54 Å². The van der Waals surface area contributed by atoms with Crippen LogP contribution in [0.15, 0.2) is 29.1 Å². The van der Waals surface area contributed by atoms with Gasteiger partial charge < -0.3 is 10.6 Å². The minimum Gasteiger partial charge on any atom is -0.347 e. The molecule has 1 aromatic carbocycles. The summed E-state index contributed by atoms with van der Waals surface area (Å²) in [7, 11) is 0. The van der Waals surface area contributed by atoms with Gasteiger partial charge in [0.2, 0.25) is 11.8 Å². The molecule has 1 saturated carbocycles. The van der Waals surface area contributed by atoms with Crippen LogP contribution in [0.2, 0.25) is 0 Å². The van der Waals surface area contributed by atoms with Crippen molar-refractivity contribution < 1.29 is 9.59 Å². The van der Waals surface area contributed by atoms with Crippen LogP contribution in [0.1, 0.15) is 12.8 Å². The van der Waals surface area contributed by atoms with Crippen LogP contribution >= 0.6 is 0 Å². The molecule has 2 aromatic rings. The van der Waals surface area contributed by atoms with Crippen molar-refractivity contribution in [3.05, 3.63) is 34.7 Å². The van der Waals surface area contributed by atoms with E-state index in [1.807, 2.05) is 0 Å². The maximum absolute atomic E-state index is 11.8. The van der Waals surface area contributed by atoms with Crippen LogP contribution in [0, 0.1) is 5.92 Å². The van der Waals surface area contributed by atoms with E-state index in [-0.39, 0.29) is 24.3 Å². The van der Waals surface area contributed by atoms with Crippen molar-refractivity contribution in [1.29, 1.82) is 0 Å². The number of hydrogen-bond donors (Lipinski definition) is 4. The smallest absolute Gasteiger partial charge is 0.340 e. The zero-order valence-corrected chi connectivity index (χ0v) is 11.7. The fourth-order valence-electron chi connectivity index (χ4n) is 2.01. The lowest BCUT2D eigenvalue weighted by atomic mass is 10.2. The van der Waals surface area contributed by atoms with Crippen LogP contribution in [-0.4, -0.2) is 33.5 Å². The molecule has 1 aliphatic rings. The molecule has 0 bridgehead atoms. The number of nitrogens with zero attached hydrogens (tertiary/aromatic N) is 1. The van der Waals surface area contributed by atoms with Gasteiger partial charge in [-0.25, -0.2) is 9.89 Å².